The van der Waals surface area contributed by atoms with Crippen LogP contribution >= 0.6 is 11.5 Å². The van der Waals surface area contributed by atoms with Gasteiger partial charge in [0.25, 0.3) is 5.91 Å². The van der Waals surface area contributed by atoms with Crippen LogP contribution in [-0.4, -0.2) is 21.1 Å². The molecule has 5 nitrogen and oxygen atoms in total. The number of rotatable bonds is 5. The highest BCUT2D eigenvalue weighted by Gasteiger charge is 2.40. The highest BCUT2D eigenvalue weighted by molar-refractivity contribution is 7.08. The van der Waals surface area contributed by atoms with Crippen molar-refractivity contribution in [3.63, 3.8) is 0 Å². The minimum Gasteiger partial charge on any atom is -0.368 e. The number of nitrogens with two attached hydrogens (primary N) is 1. The van der Waals surface area contributed by atoms with E-state index in [1.54, 1.807) is 36.4 Å². The van der Waals surface area contributed by atoms with E-state index in [0.717, 1.165) is 17.6 Å². The minimum absolute atomic E-state index is 0.317. The standard InChI is InChI=1S/C21H17F2N3O2S/c22-13-10-15-14(16(23)11-13)6-7-17(15)26(21(28)18-8-9-25-29-18)19(20(24)27)12-4-2-1-3-5-12/h1-5,8-11,17,19H,6-7H2,(H2,24,27)/t17-,19-/m1/s1. The van der Waals surface area contributed by atoms with Crippen molar-refractivity contribution >= 4 is 23.3 Å². The molecule has 0 fully saturated rings. The maximum absolute atomic E-state index is 14.3. The van der Waals surface area contributed by atoms with Crippen molar-refractivity contribution in [1.82, 2.24) is 9.27 Å². The summed E-state index contributed by atoms with van der Waals surface area (Å²) >= 11 is 0.989. The molecule has 4 rings (SSSR count). The number of benzene rings is 2. The van der Waals surface area contributed by atoms with E-state index in [-0.39, 0.29) is 0 Å². The van der Waals surface area contributed by atoms with E-state index >= 15 is 0 Å². The molecule has 0 spiro atoms. The fraction of sp³-hybridized carbons (Fsp3) is 0.190. The van der Waals surface area contributed by atoms with Crippen molar-refractivity contribution in [2.75, 3.05) is 0 Å². The Kier molecular flexibility index (Phi) is 5.10. The van der Waals surface area contributed by atoms with Crippen LogP contribution in [0.2, 0.25) is 0 Å². The molecule has 1 aliphatic rings. The normalized spacial score (nSPS) is 16.3. The van der Waals surface area contributed by atoms with E-state index in [9.17, 15) is 18.4 Å². The van der Waals surface area contributed by atoms with Gasteiger partial charge in [0.2, 0.25) is 5.91 Å². The smallest absolute Gasteiger partial charge is 0.267 e. The first-order chi connectivity index (χ1) is 14.0. The SMILES string of the molecule is NC(=O)[C@@H](c1ccccc1)N(C(=O)c1ccns1)[C@@H]1CCc2c(F)cc(F)cc21. The highest BCUT2D eigenvalue weighted by atomic mass is 32.1. The Morgan fingerprint density at radius 1 is 1.17 bits per heavy atom. The molecule has 2 aromatic carbocycles. The monoisotopic (exact) mass is 413 g/mol. The maximum Gasteiger partial charge on any atom is 0.267 e. The van der Waals surface area contributed by atoms with Crippen LogP contribution in [0, 0.1) is 11.6 Å². The summed E-state index contributed by atoms with van der Waals surface area (Å²) in [6.07, 6.45) is 2.18. The van der Waals surface area contributed by atoms with Gasteiger partial charge >= 0.3 is 0 Å². The number of nitrogens with zero attached hydrogens (tertiary/aromatic N) is 2. The van der Waals surface area contributed by atoms with Gasteiger partial charge in [0.15, 0.2) is 0 Å². The van der Waals surface area contributed by atoms with Crippen LogP contribution < -0.4 is 5.73 Å². The summed E-state index contributed by atoms with van der Waals surface area (Å²) in [6.45, 7) is 0. The molecule has 1 aromatic heterocycles. The van der Waals surface area contributed by atoms with Crippen molar-refractivity contribution in [3.8, 4) is 0 Å². The Labute approximate surface area is 169 Å². The van der Waals surface area contributed by atoms with Crippen LogP contribution in [0.5, 0.6) is 0 Å². The lowest BCUT2D eigenvalue weighted by molar-refractivity contribution is -0.123. The van der Waals surface area contributed by atoms with Crippen molar-refractivity contribution in [1.29, 1.82) is 0 Å². The van der Waals surface area contributed by atoms with Gasteiger partial charge in [0, 0.05) is 12.3 Å². The molecule has 0 unspecified atom stereocenters. The lowest BCUT2D eigenvalue weighted by atomic mass is 9.99. The summed E-state index contributed by atoms with van der Waals surface area (Å²) in [5, 5.41) is 0. The summed E-state index contributed by atoms with van der Waals surface area (Å²) in [6, 6.07) is 10.5. The number of carbonyl (C=O) groups is 2. The van der Waals surface area contributed by atoms with Crippen molar-refractivity contribution < 1.29 is 18.4 Å². The lowest BCUT2D eigenvalue weighted by Crippen LogP contribution is -2.43. The van der Waals surface area contributed by atoms with Crippen molar-refractivity contribution in [2.24, 2.45) is 5.73 Å². The highest BCUT2D eigenvalue weighted by Crippen LogP contribution is 2.42. The first-order valence-electron chi connectivity index (χ1n) is 9.03. The minimum atomic E-state index is -1.09. The van der Waals surface area contributed by atoms with E-state index in [2.05, 4.69) is 4.37 Å². The number of carbonyl (C=O) groups excluding carboxylic acids is 2. The van der Waals surface area contributed by atoms with Gasteiger partial charge in [-0.3, -0.25) is 9.59 Å². The fourth-order valence-corrected chi connectivity index (χ4v) is 4.44. The summed E-state index contributed by atoms with van der Waals surface area (Å²) < 4.78 is 32.2. The van der Waals surface area contributed by atoms with Crippen molar-refractivity contribution in [2.45, 2.75) is 24.9 Å². The molecule has 0 aliphatic heterocycles. The topological polar surface area (TPSA) is 76.3 Å². The van der Waals surface area contributed by atoms with Gasteiger partial charge < -0.3 is 10.6 Å². The van der Waals surface area contributed by atoms with Crippen LogP contribution in [0.4, 0.5) is 8.78 Å². The molecule has 8 heteroatoms. The third-order valence-corrected chi connectivity index (χ3v) is 5.84. The largest absolute Gasteiger partial charge is 0.368 e. The molecule has 0 saturated heterocycles. The molecule has 29 heavy (non-hydrogen) atoms. The zero-order valence-electron chi connectivity index (χ0n) is 15.2. The average Bonchev–Trinajstić information content (AvgIpc) is 3.36. The van der Waals surface area contributed by atoms with E-state index in [4.69, 9.17) is 5.73 Å². The molecule has 2 N–H and O–H groups in total. The predicted molar refractivity (Wildman–Crippen MR) is 104 cm³/mol. The Morgan fingerprint density at radius 3 is 2.59 bits per heavy atom. The quantitative estimate of drug-likeness (QED) is 0.692. The number of hydrogen-bond acceptors (Lipinski definition) is 4. The van der Waals surface area contributed by atoms with Crippen LogP contribution in [0.25, 0.3) is 0 Å². The predicted octanol–water partition coefficient (Wildman–Crippen LogP) is 3.78. The van der Waals surface area contributed by atoms with E-state index < -0.39 is 35.5 Å². The van der Waals surface area contributed by atoms with Gasteiger partial charge in [-0.25, -0.2) is 13.2 Å². The molecular weight excluding hydrogens is 396 g/mol. The summed E-state index contributed by atoms with van der Waals surface area (Å²) in [7, 11) is 0. The molecule has 0 radical (unpaired) electrons. The Bertz CT molecular complexity index is 1060. The summed E-state index contributed by atoms with van der Waals surface area (Å²) in [5.74, 6) is -2.56. The molecule has 1 heterocycles. The molecule has 0 saturated carbocycles. The molecule has 0 bridgehead atoms. The average molecular weight is 413 g/mol. The zero-order chi connectivity index (χ0) is 20.5. The molecule has 1 aliphatic carbocycles. The van der Waals surface area contributed by atoms with Gasteiger partial charge in [-0.15, -0.1) is 0 Å². The Balaban J connectivity index is 1.87. The maximum atomic E-state index is 14.3. The fourth-order valence-electron chi connectivity index (χ4n) is 3.90. The first kappa shape index (κ1) is 19.2. The van der Waals surface area contributed by atoms with Gasteiger partial charge in [-0.2, -0.15) is 0 Å². The molecule has 2 amide bonds. The van der Waals surface area contributed by atoms with Gasteiger partial charge in [-0.1, -0.05) is 30.3 Å². The first-order valence-corrected chi connectivity index (χ1v) is 9.80. The van der Waals surface area contributed by atoms with Crippen LogP contribution in [-0.2, 0) is 11.2 Å². The second-order valence-corrected chi connectivity index (χ2v) is 7.65. The summed E-state index contributed by atoms with van der Waals surface area (Å²) in [5.41, 5.74) is 6.97. The number of primary amides is 1. The Morgan fingerprint density at radius 2 is 1.93 bits per heavy atom. The van der Waals surface area contributed by atoms with Crippen molar-refractivity contribution in [3.05, 3.63) is 87.9 Å². The number of amides is 2. The number of halogens is 2. The van der Waals surface area contributed by atoms with Gasteiger partial charge in [0.05, 0.1) is 6.04 Å². The zero-order valence-corrected chi connectivity index (χ0v) is 16.0. The number of aromatic nitrogens is 1. The van der Waals surface area contributed by atoms with Crippen LogP contribution in [0.15, 0.2) is 54.7 Å². The third kappa shape index (κ3) is 3.51. The number of hydrogen-bond donors (Lipinski definition) is 1. The van der Waals surface area contributed by atoms with Gasteiger partial charge in [0.1, 0.15) is 22.6 Å². The third-order valence-electron chi connectivity index (χ3n) is 5.10. The molecular formula is C21H17F2N3O2S. The molecule has 148 valence electrons. The molecule has 3 aromatic rings. The second kappa shape index (κ2) is 7.71. The van der Waals surface area contributed by atoms with E-state index in [0.29, 0.717) is 34.4 Å². The van der Waals surface area contributed by atoms with Gasteiger partial charge in [-0.05, 0) is 53.2 Å². The summed E-state index contributed by atoms with van der Waals surface area (Å²) in [4.78, 5) is 27.5. The van der Waals surface area contributed by atoms with E-state index in [1.807, 2.05) is 0 Å². The lowest BCUT2D eigenvalue weighted by Gasteiger charge is -2.35. The Hall–Kier alpha value is -3.13. The second-order valence-electron chi connectivity index (χ2n) is 6.81. The van der Waals surface area contributed by atoms with Crippen LogP contribution in [0.3, 0.4) is 0 Å². The van der Waals surface area contributed by atoms with E-state index in [1.165, 1.54) is 17.2 Å². The number of fused-ring (bicyclic) bond motifs is 1. The molecule has 2 atom stereocenters. The van der Waals surface area contributed by atoms with Crippen LogP contribution in [0.1, 0.15) is 44.9 Å².